The maximum Gasteiger partial charge on any atom is 0.328 e. The van der Waals surface area contributed by atoms with Crippen LogP contribution in [0.2, 0.25) is 5.02 Å². The van der Waals surface area contributed by atoms with Crippen molar-refractivity contribution in [3.05, 3.63) is 46.7 Å². The normalized spacial score (nSPS) is 11.6. The number of benzene rings is 1. The lowest BCUT2D eigenvalue weighted by Crippen LogP contribution is -2.24. The number of halogens is 1. The Labute approximate surface area is 142 Å². The van der Waals surface area contributed by atoms with Gasteiger partial charge in [-0.15, -0.1) is 0 Å². The molecule has 1 amide bonds. The summed E-state index contributed by atoms with van der Waals surface area (Å²) in [6, 6.07) is 7.32. The van der Waals surface area contributed by atoms with E-state index in [1.54, 1.807) is 25.1 Å². The van der Waals surface area contributed by atoms with E-state index in [2.05, 4.69) is 10.5 Å². The van der Waals surface area contributed by atoms with Crippen LogP contribution in [0.25, 0.3) is 0 Å². The first-order chi connectivity index (χ1) is 11.3. The molecule has 0 saturated carbocycles. The number of nitrogens with one attached hydrogen (secondary N) is 1. The van der Waals surface area contributed by atoms with Crippen molar-refractivity contribution >= 4 is 33.8 Å². The van der Waals surface area contributed by atoms with Crippen molar-refractivity contribution < 1.29 is 26.9 Å². The van der Waals surface area contributed by atoms with Gasteiger partial charge in [0.05, 0.1) is 6.21 Å². The van der Waals surface area contributed by atoms with Crippen LogP contribution in [0.5, 0.6) is 5.75 Å². The van der Waals surface area contributed by atoms with Gasteiger partial charge in [0.15, 0.2) is 6.61 Å². The molecule has 0 spiro atoms. The Morgan fingerprint density at radius 2 is 2.17 bits per heavy atom. The summed E-state index contributed by atoms with van der Waals surface area (Å²) in [6.07, 6.45) is 1.08. The van der Waals surface area contributed by atoms with Crippen LogP contribution >= 0.6 is 11.6 Å². The number of hydrazone groups is 1. The minimum Gasteiger partial charge on any atom is -0.483 e. The third-order valence-electron chi connectivity index (χ3n) is 2.73. The number of carbonyl (C=O) groups is 1. The molecule has 0 bridgehead atoms. The van der Waals surface area contributed by atoms with Crippen LogP contribution in [-0.4, -0.2) is 31.7 Å². The van der Waals surface area contributed by atoms with Crippen LogP contribution in [0.4, 0.5) is 0 Å². The fourth-order valence-corrected chi connectivity index (χ4v) is 2.33. The van der Waals surface area contributed by atoms with E-state index in [0.717, 1.165) is 17.8 Å². The first kappa shape index (κ1) is 18.0. The molecule has 1 aromatic carbocycles. The molecule has 0 aliphatic carbocycles. The Balaban J connectivity index is 1.85. The number of amides is 1. The molecule has 2 rings (SSSR count). The van der Waals surface area contributed by atoms with Crippen LogP contribution in [0.3, 0.4) is 0 Å². The van der Waals surface area contributed by atoms with Gasteiger partial charge in [0.1, 0.15) is 11.5 Å². The quantitative estimate of drug-likeness (QED) is 0.455. The minimum atomic E-state index is -4.41. The second-order valence-electron chi connectivity index (χ2n) is 4.62. The zero-order chi connectivity index (χ0) is 17.7. The third kappa shape index (κ3) is 5.08. The van der Waals surface area contributed by atoms with E-state index in [0.29, 0.717) is 10.8 Å². The van der Waals surface area contributed by atoms with Gasteiger partial charge in [-0.2, -0.15) is 13.5 Å². The molecule has 24 heavy (non-hydrogen) atoms. The molecule has 0 unspecified atom stereocenters. The average Bonchev–Trinajstić information content (AvgIpc) is 2.95. The van der Waals surface area contributed by atoms with Crippen molar-refractivity contribution in [1.29, 1.82) is 0 Å². The smallest absolute Gasteiger partial charge is 0.328 e. The number of aryl methyl sites for hydroxylation is 1. The highest BCUT2D eigenvalue weighted by molar-refractivity contribution is 7.85. The van der Waals surface area contributed by atoms with Crippen molar-refractivity contribution in [3.63, 3.8) is 0 Å². The van der Waals surface area contributed by atoms with E-state index in [1.807, 2.05) is 0 Å². The molecule has 8 nitrogen and oxygen atoms in total. The second-order valence-corrected chi connectivity index (χ2v) is 6.41. The lowest BCUT2D eigenvalue weighted by Gasteiger charge is -2.08. The summed E-state index contributed by atoms with van der Waals surface area (Å²) in [6.45, 7) is 1.52. The molecule has 0 saturated heterocycles. The number of carbonyl (C=O) groups excluding carboxylic acids is 1. The Hall–Kier alpha value is -2.36. The number of furan rings is 1. The Morgan fingerprint density at radius 1 is 1.42 bits per heavy atom. The average molecular weight is 373 g/mol. The second kappa shape index (κ2) is 7.47. The van der Waals surface area contributed by atoms with Gasteiger partial charge >= 0.3 is 10.1 Å². The van der Waals surface area contributed by atoms with Crippen LogP contribution < -0.4 is 10.2 Å². The molecule has 0 aliphatic rings. The van der Waals surface area contributed by atoms with Gasteiger partial charge in [-0.3, -0.25) is 9.35 Å². The third-order valence-corrected chi connectivity index (χ3v) is 3.70. The summed E-state index contributed by atoms with van der Waals surface area (Å²) >= 11 is 5.82. The first-order valence-electron chi connectivity index (χ1n) is 6.54. The van der Waals surface area contributed by atoms with Gasteiger partial charge in [0.25, 0.3) is 5.91 Å². The highest BCUT2D eigenvalue weighted by Crippen LogP contribution is 2.21. The SMILES string of the molecule is Cc1cc(Cl)ccc1OCC(=O)N/N=C\c1ccc(S(=O)(=O)O)o1. The predicted molar refractivity (Wildman–Crippen MR) is 85.9 cm³/mol. The summed E-state index contributed by atoms with van der Waals surface area (Å²) in [5.41, 5.74) is 2.97. The van der Waals surface area contributed by atoms with Crippen molar-refractivity contribution in [2.45, 2.75) is 12.0 Å². The minimum absolute atomic E-state index is 0.0392. The molecular weight excluding hydrogens is 360 g/mol. The topological polar surface area (TPSA) is 118 Å². The Kier molecular flexibility index (Phi) is 5.60. The van der Waals surface area contributed by atoms with Crippen molar-refractivity contribution in [2.24, 2.45) is 5.10 Å². The largest absolute Gasteiger partial charge is 0.483 e. The molecule has 128 valence electrons. The Bertz CT molecular complexity index is 875. The number of nitrogens with zero attached hydrogens (tertiary/aromatic N) is 1. The van der Waals surface area contributed by atoms with E-state index in [9.17, 15) is 13.2 Å². The highest BCUT2D eigenvalue weighted by atomic mass is 35.5. The summed E-state index contributed by atoms with van der Waals surface area (Å²) in [5.74, 6) is 0.0295. The monoisotopic (exact) mass is 372 g/mol. The molecule has 0 aliphatic heterocycles. The van der Waals surface area contributed by atoms with Crippen LogP contribution in [0, 0.1) is 6.92 Å². The first-order valence-corrected chi connectivity index (χ1v) is 8.35. The molecule has 1 heterocycles. The lowest BCUT2D eigenvalue weighted by atomic mass is 10.2. The molecule has 2 N–H and O–H groups in total. The van der Waals surface area contributed by atoms with E-state index < -0.39 is 21.1 Å². The molecule has 0 atom stereocenters. The van der Waals surface area contributed by atoms with Gasteiger partial charge in [0, 0.05) is 5.02 Å². The van der Waals surface area contributed by atoms with Crippen molar-refractivity contribution in [3.8, 4) is 5.75 Å². The lowest BCUT2D eigenvalue weighted by molar-refractivity contribution is -0.123. The zero-order valence-corrected chi connectivity index (χ0v) is 14.0. The Morgan fingerprint density at radius 3 is 2.79 bits per heavy atom. The molecule has 1 aromatic heterocycles. The number of ether oxygens (including phenoxy) is 1. The van der Waals surface area contributed by atoms with E-state index in [-0.39, 0.29) is 12.4 Å². The van der Waals surface area contributed by atoms with E-state index in [1.165, 1.54) is 6.07 Å². The molecular formula is C14H13ClN2O6S. The molecule has 2 aromatic rings. The summed E-state index contributed by atoms with van der Waals surface area (Å²) in [5, 5.41) is 3.54. The van der Waals surface area contributed by atoms with Crippen LogP contribution in [0.1, 0.15) is 11.3 Å². The highest BCUT2D eigenvalue weighted by Gasteiger charge is 2.14. The zero-order valence-electron chi connectivity index (χ0n) is 12.4. The standard InChI is InChI=1S/C14H13ClN2O6S/c1-9-6-10(15)2-4-12(9)22-8-13(18)17-16-7-11-3-5-14(23-11)24(19,20)21/h2-7H,8H2,1H3,(H,17,18)(H,19,20,21)/b16-7-. The van der Waals surface area contributed by atoms with Crippen molar-refractivity contribution in [2.75, 3.05) is 6.61 Å². The van der Waals surface area contributed by atoms with E-state index in [4.69, 9.17) is 25.3 Å². The van der Waals surface area contributed by atoms with Crippen molar-refractivity contribution in [1.82, 2.24) is 5.43 Å². The molecule has 10 heteroatoms. The van der Waals surface area contributed by atoms with Gasteiger partial charge in [-0.05, 0) is 42.8 Å². The number of hydrogen-bond acceptors (Lipinski definition) is 6. The maximum atomic E-state index is 11.6. The number of hydrogen-bond donors (Lipinski definition) is 2. The van der Waals surface area contributed by atoms with Gasteiger partial charge in [-0.1, -0.05) is 11.6 Å². The number of rotatable bonds is 6. The maximum absolute atomic E-state index is 11.6. The van der Waals surface area contributed by atoms with Gasteiger partial charge in [0.2, 0.25) is 5.09 Å². The van der Waals surface area contributed by atoms with Crippen LogP contribution in [-0.2, 0) is 14.9 Å². The molecule has 0 fully saturated rings. The van der Waals surface area contributed by atoms with Crippen LogP contribution in [0.15, 0.2) is 44.9 Å². The molecule has 0 radical (unpaired) electrons. The summed E-state index contributed by atoms with van der Waals surface area (Å²) in [7, 11) is -4.41. The van der Waals surface area contributed by atoms with E-state index >= 15 is 0 Å². The predicted octanol–water partition coefficient (Wildman–Crippen LogP) is 2.02. The summed E-state index contributed by atoms with van der Waals surface area (Å²) in [4.78, 5) is 11.6. The van der Waals surface area contributed by atoms with Gasteiger partial charge < -0.3 is 9.15 Å². The fourth-order valence-electron chi connectivity index (χ4n) is 1.66. The fraction of sp³-hybridized carbons (Fsp3) is 0.143. The van der Waals surface area contributed by atoms with Gasteiger partial charge in [-0.25, -0.2) is 5.43 Å². The summed E-state index contributed by atoms with van der Waals surface area (Å²) < 4.78 is 40.5.